The van der Waals surface area contributed by atoms with Crippen LogP contribution in [-0.2, 0) is 21.4 Å². The minimum atomic E-state index is -0.688. The third-order valence-corrected chi connectivity index (χ3v) is 4.51. The molecular formula is C19H22N4O4. The first-order valence-corrected chi connectivity index (χ1v) is 8.84. The van der Waals surface area contributed by atoms with Gasteiger partial charge in [0.1, 0.15) is 12.6 Å². The second-order valence-corrected chi connectivity index (χ2v) is 6.38. The van der Waals surface area contributed by atoms with E-state index >= 15 is 0 Å². The number of benzene rings is 1. The molecule has 1 aromatic heterocycles. The van der Waals surface area contributed by atoms with Gasteiger partial charge >= 0.3 is 5.69 Å². The van der Waals surface area contributed by atoms with E-state index < -0.39 is 11.9 Å². The molecule has 0 saturated carbocycles. The number of fused-ring (bicyclic) bond motifs is 1. The van der Waals surface area contributed by atoms with Gasteiger partial charge in [-0.25, -0.2) is 4.79 Å². The zero-order valence-corrected chi connectivity index (χ0v) is 15.2. The molecule has 2 aromatic rings. The van der Waals surface area contributed by atoms with Gasteiger partial charge in [-0.3, -0.25) is 24.0 Å². The summed E-state index contributed by atoms with van der Waals surface area (Å²) >= 11 is 0. The number of rotatable bonds is 5. The van der Waals surface area contributed by atoms with Crippen molar-refractivity contribution in [3.8, 4) is 11.8 Å². The van der Waals surface area contributed by atoms with Crippen molar-refractivity contribution in [3.05, 3.63) is 34.2 Å². The summed E-state index contributed by atoms with van der Waals surface area (Å²) < 4.78 is 8.28. The molecule has 2 amide bonds. The Balaban J connectivity index is 1.87. The molecular weight excluding hydrogens is 348 g/mol. The lowest BCUT2D eigenvalue weighted by Crippen LogP contribution is -2.44. The van der Waals surface area contributed by atoms with Gasteiger partial charge in [-0.15, -0.1) is 0 Å². The van der Waals surface area contributed by atoms with E-state index in [4.69, 9.17) is 10.5 Å². The minimum absolute atomic E-state index is 0.215. The van der Waals surface area contributed by atoms with Crippen molar-refractivity contribution in [3.63, 3.8) is 0 Å². The molecule has 0 aliphatic carbocycles. The maximum absolute atomic E-state index is 12.7. The van der Waals surface area contributed by atoms with Crippen molar-refractivity contribution >= 4 is 22.8 Å². The van der Waals surface area contributed by atoms with Crippen LogP contribution in [0.5, 0.6) is 0 Å². The molecule has 0 spiro atoms. The van der Waals surface area contributed by atoms with E-state index in [1.165, 1.54) is 9.13 Å². The standard InChI is InChI=1S/C19H22N4O4/c1-22-16-12-13(4-2-10-27-11-3-9-20)5-6-14(16)23(19(22)26)15-7-8-17(24)21-18(15)25/h5-6,12,15H,3,7-11,20H2,1H3,(H,21,24,25). The summed E-state index contributed by atoms with van der Waals surface area (Å²) in [5.41, 5.74) is 7.17. The number of hydrogen-bond acceptors (Lipinski definition) is 5. The van der Waals surface area contributed by atoms with Crippen LogP contribution >= 0.6 is 0 Å². The number of piperidine rings is 1. The summed E-state index contributed by atoms with van der Waals surface area (Å²) in [6.45, 7) is 1.48. The Labute approximate surface area is 156 Å². The summed E-state index contributed by atoms with van der Waals surface area (Å²) in [5.74, 6) is 5.19. The molecule has 8 nitrogen and oxygen atoms in total. The molecule has 8 heteroatoms. The van der Waals surface area contributed by atoms with Gasteiger partial charge in [-0.2, -0.15) is 0 Å². The SMILES string of the molecule is Cn1c(=O)n(C2CCC(=O)NC2=O)c2ccc(C#CCOCCCN)cc21. The maximum atomic E-state index is 12.7. The van der Waals surface area contributed by atoms with Crippen LogP contribution in [0.15, 0.2) is 23.0 Å². The number of aromatic nitrogens is 2. The van der Waals surface area contributed by atoms with Gasteiger partial charge in [0, 0.05) is 25.6 Å². The topological polar surface area (TPSA) is 108 Å². The van der Waals surface area contributed by atoms with Crippen molar-refractivity contribution in [1.82, 2.24) is 14.5 Å². The van der Waals surface area contributed by atoms with Crippen molar-refractivity contribution in [2.24, 2.45) is 12.8 Å². The molecule has 1 aliphatic heterocycles. The fraction of sp³-hybridized carbons (Fsp3) is 0.421. The Morgan fingerprint density at radius 1 is 1.30 bits per heavy atom. The molecule has 1 aliphatic rings. The normalized spacial score (nSPS) is 16.9. The van der Waals surface area contributed by atoms with Gasteiger partial charge in [0.2, 0.25) is 11.8 Å². The monoisotopic (exact) mass is 370 g/mol. The molecule has 1 saturated heterocycles. The third kappa shape index (κ3) is 3.94. The van der Waals surface area contributed by atoms with Crippen LogP contribution in [-0.4, -0.2) is 40.7 Å². The summed E-state index contributed by atoms with van der Waals surface area (Å²) in [5, 5.41) is 2.30. The maximum Gasteiger partial charge on any atom is 0.329 e. The molecule has 0 bridgehead atoms. The average molecular weight is 370 g/mol. The van der Waals surface area contributed by atoms with Crippen LogP contribution in [0, 0.1) is 11.8 Å². The number of imide groups is 1. The highest BCUT2D eigenvalue weighted by Gasteiger charge is 2.31. The van der Waals surface area contributed by atoms with E-state index in [1.54, 1.807) is 19.2 Å². The van der Waals surface area contributed by atoms with Crippen LogP contribution in [0.4, 0.5) is 0 Å². The highest BCUT2D eigenvalue weighted by Crippen LogP contribution is 2.23. The summed E-state index contributed by atoms with van der Waals surface area (Å²) in [4.78, 5) is 36.2. The molecule has 2 heterocycles. The lowest BCUT2D eigenvalue weighted by molar-refractivity contribution is -0.135. The van der Waals surface area contributed by atoms with E-state index in [1.807, 2.05) is 6.07 Å². The minimum Gasteiger partial charge on any atom is -0.369 e. The molecule has 3 rings (SSSR count). The van der Waals surface area contributed by atoms with Gasteiger partial charge < -0.3 is 10.5 Å². The number of aryl methyl sites for hydroxylation is 1. The van der Waals surface area contributed by atoms with Crippen molar-refractivity contribution < 1.29 is 14.3 Å². The van der Waals surface area contributed by atoms with E-state index in [-0.39, 0.29) is 18.0 Å². The second kappa shape index (κ2) is 8.20. The molecule has 3 N–H and O–H groups in total. The zero-order valence-electron chi connectivity index (χ0n) is 15.2. The van der Waals surface area contributed by atoms with E-state index in [9.17, 15) is 14.4 Å². The molecule has 1 aromatic carbocycles. The first kappa shape index (κ1) is 18.9. The number of imidazole rings is 1. The molecule has 1 unspecified atom stereocenters. The molecule has 1 atom stereocenters. The van der Waals surface area contributed by atoms with E-state index in [2.05, 4.69) is 17.2 Å². The summed E-state index contributed by atoms with van der Waals surface area (Å²) in [6, 6.07) is 4.70. The number of nitrogens with one attached hydrogen (secondary N) is 1. The highest BCUT2D eigenvalue weighted by molar-refractivity contribution is 6.00. The first-order chi connectivity index (χ1) is 13.0. The van der Waals surface area contributed by atoms with Gasteiger partial charge in [0.25, 0.3) is 0 Å². The predicted octanol–water partition coefficient (Wildman–Crippen LogP) is 0.0346. The smallest absolute Gasteiger partial charge is 0.329 e. The largest absolute Gasteiger partial charge is 0.369 e. The van der Waals surface area contributed by atoms with Crippen LogP contribution in [0.2, 0.25) is 0 Å². The first-order valence-electron chi connectivity index (χ1n) is 8.84. The van der Waals surface area contributed by atoms with Crippen molar-refractivity contribution in [1.29, 1.82) is 0 Å². The number of carbonyl (C=O) groups excluding carboxylic acids is 2. The number of nitrogens with two attached hydrogens (primary N) is 1. The van der Waals surface area contributed by atoms with Gasteiger partial charge in [0.05, 0.1) is 11.0 Å². The molecule has 1 fully saturated rings. The molecule has 142 valence electrons. The van der Waals surface area contributed by atoms with Crippen LogP contribution in [0.25, 0.3) is 11.0 Å². The van der Waals surface area contributed by atoms with Gasteiger partial charge in [0.15, 0.2) is 0 Å². The van der Waals surface area contributed by atoms with Crippen molar-refractivity contribution in [2.45, 2.75) is 25.3 Å². The quantitative estimate of drug-likeness (QED) is 0.439. The average Bonchev–Trinajstić information content (AvgIpc) is 2.89. The fourth-order valence-corrected chi connectivity index (χ4v) is 3.12. The predicted molar refractivity (Wildman–Crippen MR) is 100.0 cm³/mol. The number of nitrogens with zero attached hydrogens (tertiary/aromatic N) is 2. The Kier molecular flexibility index (Phi) is 5.74. The zero-order chi connectivity index (χ0) is 19.4. The summed E-state index contributed by atoms with van der Waals surface area (Å²) in [6.07, 6.45) is 1.32. The van der Waals surface area contributed by atoms with Crippen LogP contribution in [0.3, 0.4) is 0 Å². The lowest BCUT2D eigenvalue weighted by atomic mass is 10.1. The van der Waals surface area contributed by atoms with Crippen LogP contribution in [0.1, 0.15) is 30.9 Å². The molecule has 27 heavy (non-hydrogen) atoms. The Bertz CT molecular complexity index is 993. The second-order valence-electron chi connectivity index (χ2n) is 6.38. The summed E-state index contributed by atoms with van der Waals surface area (Å²) in [7, 11) is 1.65. The highest BCUT2D eigenvalue weighted by atomic mass is 16.5. The van der Waals surface area contributed by atoms with Crippen LogP contribution < -0.4 is 16.7 Å². The molecule has 0 radical (unpaired) electrons. The number of ether oxygens (including phenoxy) is 1. The Morgan fingerprint density at radius 3 is 2.85 bits per heavy atom. The fourth-order valence-electron chi connectivity index (χ4n) is 3.12. The number of hydrogen-bond donors (Lipinski definition) is 2. The van der Waals surface area contributed by atoms with Gasteiger partial charge in [-0.05, 0) is 37.6 Å². The van der Waals surface area contributed by atoms with E-state index in [0.29, 0.717) is 37.2 Å². The number of carbonyl (C=O) groups is 2. The Hall–Kier alpha value is -2.89. The lowest BCUT2D eigenvalue weighted by Gasteiger charge is -2.21. The Morgan fingerprint density at radius 2 is 2.11 bits per heavy atom. The van der Waals surface area contributed by atoms with E-state index in [0.717, 1.165) is 12.0 Å². The third-order valence-electron chi connectivity index (χ3n) is 4.51. The van der Waals surface area contributed by atoms with Gasteiger partial charge in [-0.1, -0.05) is 11.8 Å². The van der Waals surface area contributed by atoms with Crippen molar-refractivity contribution in [2.75, 3.05) is 19.8 Å². The number of amides is 2.